The summed E-state index contributed by atoms with van der Waals surface area (Å²) >= 11 is 1.16. The Morgan fingerprint density at radius 2 is 1.96 bits per heavy atom. The van der Waals surface area contributed by atoms with Crippen LogP contribution in [0.25, 0.3) is 0 Å². The molecular formula is C17H28N5O4S+. The minimum Gasteiger partial charge on any atom is -0.435 e. The lowest BCUT2D eigenvalue weighted by Crippen LogP contribution is -2.66. The van der Waals surface area contributed by atoms with Crippen molar-refractivity contribution in [2.24, 2.45) is 5.73 Å². The number of nitrogens with one attached hydrogen (secondary N) is 2. The second kappa shape index (κ2) is 7.81. The van der Waals surface area contributed by atoms with Crippen LogP contribution in [-0.2, 0) is 0 Å². The highest BCUT2D eigenvalue weighted by atomic mass is 32.1. The zero-order chi connectivity index (χ0) is 20.4. The Hall–Kier alpha value is -2.20. The quantitative estimate of drug-likeness (QED) is 0.580. The van der Waals surface area contributed by atoms with Gasteiger partial charge in [0.2, 0.25) is 0 Å². The van der Waals surface area contributed by atoms with Crippen molar-refractivity contribution < 1.29 is 24.0 Å². The molecule has 150 valence electrons. The SMILES string of the molecule is Cc1nc(C(=O)N[C@H]2CCCC[N+](C(=O)O)(C(C)(C)C)C2)c(NC(N)=O)s1. The molecule has 1 aliphatic heterocycles. The predicted octanol–water partition coefficient (Wildman–Crippen LogP) is 2.52. The van der Waals surface area contributed by atoms with Crippen molar-refractivity contribution in [2.45, 2.75) is 58.5 Å². The smallest absolute Gasteiger partial charge is 0.435 e. The number of primary amides is 1. The summed E-state index contributed by atoms with van der Waals surface area (Å²) in [5, 5.41) is 16.2. The molecule has 1 fully saturated rings. The van der Waals surface area contributed by atoms with E-state index in [0.29, 0.717) is 29.5 Å². The monoisotopic (exact) mass is 398 g/mol. The Balaban J connectivity index is 2.24. The first-order chi connectivity index (χ1) is 12.5. The van der Waals surface area contributed by atoms with Crippen molar-refractivity contribution in [3.8, 4) is 0 Å². The van der Waals surface area contributed by atoms with E-state index in [0.717, 1.165) is 24.2 Å². The van der Waals surface area contributed by atoms with Gasteiger partial charge in [-0.15, -0.1) is 11.3 Å². The standard InChI is InChI=1S/C17H27N5O4S/c1-10-19-12(14(27-10)21-15(18)24)13(23)20-11-7-5-6-8-22(9-11,16(25)26)17(2,3)4/h11H,5-9H2,1-4H3,(H4-,18,20,21,23,24,25,26)/p+1/t11-,22?/m0/s1. The number of rotatable bonds is 3. The number of carbonyl (C=O) groups is 3. The molecule has 2 rings (SSSR count). The number of carboxylic acid groups (broad SMARTS) is 1. The second-order valence-corrected chi connectivity index (χ2v) is 9.10. The van der Waals surface area contributed by atoms with Crippen LogP contribution in [0, 0.1) is 6.92 Å². The largest absolute Gasteiger partial charge is 0.514 e. The van der Waals surface area contributed by atoms with E-state index >= 15 is 0 Å². The first-order valence-corrected chi connectivity index (χ1v) is 9.73. The maximum Gasteiger partial charge on any atom is 0.514 e. The lowest BCUT2D eigenvalue weighted by atomic mass is 10.0. The van der Waals surface area contributed by atoms with E-state index < -0.39 is 23.6 Å². The second-order valence-electron chi connectivity index (χ2n) is 7.89. The van der Waals surface area contributed by atoms with Gasteiger partial charge >= 0.3 is 12.1 Å². The molecule has 0 aliphatic carbocycles. The van der Waals surface area contributed by atoms with Crippen molar-refractivity contribution in [1.82, 2.24) is 10.3 Å². The van der Waals surface area contributed by atoms with Gasteiger partial charge in [0.05, 0.1) is 17.6 Å². The van der Waals surface area contributed by atoms with Gasteiger partial charge in [-0.2, -0.15) is 4.79 Å². The van der Waals surface area contributed by atoms with Crippen molar-refractivity contribution in [2.75, 3.05) is 18.4 Å². The molecule has 27 heavy (non-hydrogen) atoms. The first-order valence-electron chi connectivity index (χ1n) is 8.91. The molecule has 1 saturated heterocycles. The molecule has 1 unspecified atom stereocenters. The Labute approximate surface area is 162 Å². The zero-order valence-electron chi connectivity index (χ0n) is 16.2. The van der Waals surface area contributed by atoms with Crippen LogP contribution in [0.2, 0.25) is 0 Å². The number of likely N-dealkylation sites (tertiary alicyclic amines) is 1. The van der Waals surface area contributed by atoms with Crippen molar-refractivity contribution in [1.29, 1.82) is 0 Å². The third-order valence-corrected chi connectivity index (χ3v) is 5.93. The lowest BCUT2D eigenvalue weighted by molar-refractivity contribution is -0.903. The number of nitrogens with two attached hydrogens (primary N) is 1. The molecule has 1 aliphatic rings. The summed E-state index contributed by atoms with van der Waals surface area (Å²) in [6.45, 7) is 8.27. The Morgan fingerprint density at radius 3 is 2.52 bits per heavy atom. The zero-order valence-corrected chi connectivity index (χ0v) is 17.0. The summed E-state index contributed by atoms with van der Waals surface area (Å²) in [6.07, 6.45) is 1.41. The molecule has 0 radical (unpaired) electrons. The molecule has 1 aromatic rings. The maximum atomic E-state index is 12.8. The minimum atomic E-state index is -0.885. The summed E-state index contributed by atoms with van der Waals surface area (Å²) in [5.41, 5.74) is 4.75. The fraction of sp³-hybridized carbons (Fsp3) is 0.647. The maximum absolute atomic E-state index is 12.8. The molecule has 0 saturated carbocycles. The fourth-order valence-corrected chi connectivity index (χ4v) is 4.37. The average molecular weight is 399 g/mol. The van der Waals surface area contributed by atoms with Crippen LogP contribution in [0.15, 0.2) is 0 Å². The van der Waals surface area contributed by atoms with E-state index in [2.05, 4.69) is 15.6 Å². The van der Waals surface area contributed by atoms with Crippen LogP contribution in [0.5, 0.6) is 0 Å². The van der Waals surface area contributed by atoms with Gasteiger partial charge < -0.3 is 16.2 Å². The third kappa shape index (κ3) is 4.56. The van der Waals surface area contributed by atoms with Crippen molar-refractivity contribution in [3.63, 3.8) is 0 Å². The van der Waals surface area contributed by atoms with Crippen LogP contribution >= 0.6 is 11.3 Å². The van der Waals surface area contributed by atoms with E-state index in [1.165, 1.54) is 0 Å². The molecular weight excluding hydrogens is 370 g/mol. The van der Waals surface area contributed by atoms with E-state index in [1.807, 2.05) is 20.8 Å². The number of carbonyl (C=O) groups excluding carboxylic acids is 2. The van der Waals surface area contributed by atoms with Gasteiger partial charge in [-0.05, 0) is 47.0 Å². The number of hydrogen-bond acceptors (Lipinski definition) is 5. The number of urea groups is 1. The summed E-state index contributed by atoms with van der Waals surface area (Å²) in [4.78, 5) is 40.2. The number of amides is 4. The van der Waals surface area contributed by atoms with Gasteiger partial charge in [0.25, 0.3) is 5.91 Å². The number of thiazole rings is 1. The van der Waals surface area contributed by atoms with E-state index in [9.17, 15) is 19.5 Å². The number of nitrogens with zero attached hydrogens (tertiary/aromatic N) is 2. The summed E-state index contributed by atoms with van der Waals surface area (Å²) in [6, 6.07) is -1.07. The molecule has 2 heterocycles. The van der Waals surface area contributed by atoms with Gasteiger partial charge in [0.15, 0.2) is 5.69 Å². The highest BCUT2D eigenvalue weighted by Crippen LogP contribution is 2.31. The number of hydrogen-bond donors (Lipinski definition) is 4. The molecule has 0 aromatic carbocycles. The molecule has 10 heteroatoms. The van der Waals surface area contributed by atoms with Gasteiger partial charge in [0, 0.05) is 0 Å². The minimum absolute atomic E-state index is 0.102. The normalized spacial score (nSPS) is 23.3. The number of aromatic nitrogens is 1. The van der Waals surface area contributed by atoms with Gasteiger partial charge in [-0.1, -0.05) is 0 Å². The van der Waals surface area contributed by atoms with Gasteiger partial charge in [-0.3, -0.25) is 10.1 Å². The topological polar surface area (TPSA) is 134 Å². The lowest BCUT2D eigenvalue weighted by Gasteiger charge is -2.44. The van der Waals surface area contributed by atoms with E-state index in [4.69, 9.17) is 5.73 Å². The highest BCUT2D eigenvalue weighted by Gasteiger charge is 2.50. The Bertz CT molecular complexity index is 742. The number of quaternary nitrogens is 1. The average Bonchev–Trinajstić information content (AvgIpc) is 2.75. The number of anilines is 1. The summed E-state index contributed by atoms with van der Waals surface area (Å²) < 4.78 is -0.111. The van der Waals surface area contributed by atoms with Crippen LogP contribution in [0.1, 0.15) is 55.5 Å². The van der Waals surface area contributed by atoms with Crippen LogP contribution in [0.3, 0.4) is 0 Å². The Kier molecular flexibility index (Phi) is 6.10. The molecule has 2 atom stereocenters. The Morgan fingerprint density at radius 1 is 1.30 bits per heavy atom. The highest BCUT2D eigenvalue weighted by molar-refractivity contribution is 7.16. The van der Waals surface area contributed by atoms with Crippen molar-refractivity contribution in [3.05, 3.63) is 10.7 Å². The molecule has 0 bridgehead atoms. The molecule has 9 nitrogen and oxygen atoms in total. The van der Waals surface area contributed by atoms with Crippen LogP contribution in [-0.4, -0.2) is 57.3 Å². The first kappa shape index (κ1) is 21.1. The summed E-state index contributed by atoms with van der Waals surface area (Å²) in [5.74, 6) is -0.438. The molecule has 5 N–H and O–H groups in total. The van der Waals surface area contributed by atoms with E-state index in [1.54, 1.807) is 6.92 Å². The van der Waals surface area contributed by atoms with Gasteiger partial charge in [0.1, 0.15) is 17.1 Å². The fourth-order valence-electron chi connectivity index (χ4n) is 3.55. The predicted molar refractivity (Wildman–Crippen MR) is 103 cm³/mol. The van der Waals surface area contributed by atoms with Gasteiger partial charge in [-0.25, -0.2) is 14.3 Å². The van der Waals surface area contributed by atoms with Crippen molar-refractivity contribution >= 4 is 34.4 Å². The molecule has 4 amide bonds. The summed E-state index contributed by atoms with van der Waals surface area (Å²) in [7, 11) is 0. The van der Waals surface area contributed by atoms with E-state index in [-0.39, 0.29) is 16.2 Å². The molecule has 0 spiro atoms. The number of aryl methyl sites for hydroxylation is 1. The third-order valence-electron chi connectivity index (χ3n) is 5.05. The molecule has 1 aromatic heterocycles. The van der Waals surface area contributed by atoms with Crippen LogP contribution < -0.4 is 16.4 Å². The van der Waals surface area contributed by atoms with Crippen LogP contribution in [0.4, 0.5) is 14.6 Å².